The van der Waals surface area contributed by atoms with Gasteiger partial charge in [-0.05, 0) is 78.4 Å². The van der Waals surface area contributed by atoms with Gasteiger partial charge >= 0.3 is 0 Å². The SMILES string of the molecule is [C-]#[N+]C1=C[C@]2(C)[C@H]3CC(=O)[C]4[C]5CC(C)(C)CC[C@]5(NCC#N)CC[C@@]4(C)[C@]3(C)CC[C@H]2C(C)(C)C1=O. The van der Waals surface area contributed by atoms with Crippen LogP contribution in [0, 0.1) is 68.6 Å². The molecule has 0 spiro atoms. The van der Waals surface area contributed by atoms with Crippen LogP contribution in [0.3, 0.4) is 0 Å². The smallest absolute Gasteiger partial charge is 0.226 e. The van der Waals surface area contributed by atoms with Crippen molar-refractivity contribution >= 4 is 11.6 Å². The number of carbonyl (C=O) groups is 2. The van der Waals surface area contributed by atoms with Crippen molar-refractivity contribution in [2.24, 2.45) is 38.9 Å². The Bertz CT molecular complexity index is 1150. The van der Waals surface area contributed by atoms with Gasteiger partial charge in [-0.15, -0.1) is 0 Å². The van der Waals surface area contributed by atoms with E-state index in [4.69, 9.17) is 6.57 Å². The Morgan fingerprint density at radius 3 is 2.35 bits per heavy atom. The first kappa shape index (κ1) is 26.6. The van der Waals surface area contributed by atoms with Gasteiger partial charge in [-0.3, -0.25) is 10.1 Å². The Hall–Kier alpha value is -1.98. The van der Waals surface area contributed by atoms with Crippen molar-refractivity contribution < 1.29 is 9.59 Å². The summed E-state index contributed by atoms with van der Waals surface area (Å²) >= 11 is 0. The lowest BCUT2D eigenvalue weighted by Crippen LogP contribution is -2.70. The number of ketones is 2. The predicted molar refractivity (Wildman–Crippen MR) is 143 cm³/mol. The maximum Gasteiger partial charge on any atom is 0.226 e. The lowest BCUT2D eigenvalue weighted by Gasteiger charge is -2.71. The fourth-order valence-corrected chi connectivity index (χ4v) is 10.0. The summed E-state index contributed by atoms with van der Waals surface area (Å²) in [5.41, 5.74) is -1.23. The Kier molecular flexibility index (Phi) is 5.77. The zero-order chi connectivity index (χ0) is 27.2. The Balaban J connectivity index is 1.62. The molecule has 0 amide bonds. The Morgan fingerprint density at radius 1 is 1.03 bits per heavy atom. The van der Waals surface area contributed by atoms with Gasteiger partial charge in [0.25, 0.3) is 0 Å². The van der Waals surface area contributed by atoms with Gasteiger partial charge in [0, 0.05) is 23.3 Å². The van der Waals surface area contributed by atoms with E-state index in [9.17, 15) is 14.9 Å². The molecule has 0 aromatic heterocycles. The fourth-order valence-electron chi connectivity index (χ4n) is 10.0. The molecule has 5 rings (SSSR count). The normalized spacial score (nSPS) is 44.8. The first-order valence-corrected chi connectivity index (χ1v) is 14.2. The summed E-state index contributed by atoms with van der Waals surface area (Å²) in [6, 6.07) is 2.29. The first-order valence-electron chi connectivity index (χ1n) is 14.2. The number of rotatable bonds is 2. The fraction of sp³-hybridized carbons (Fsp3) is 0.750. The standard InChI is InChI=1S/C32H43N3O2/c1-27(2)11-13-32(35-16-15-33)14-12-31(7)25(20(32)18-27)22(36)17-24-29(5)19-21(34-8)26(37)28(3,4)23(29)9-10-30(24,31)6/h19,23-24,35H,9-14,16-18H2,1-7H3/t23-,24+,29-,30+,31+,32-/m0/s1. The van der Waals surface area contributed by atoms with Crippen molar-refractivity contribution in [2.75, 3.05) is 6.54 Å². The van der Waals surface area contributed by atoms with Crippen molar-refractivity contribution in [3.05, 3.63) is 35.0 Å². The largest absolute Gasteiger partial charge is 0.307 e. The van der Waals surface area contributed by atoms with E-state index in [0.717, 1.165) is 50.9 Å². The summed E-state index contributed by atoms with van der Waals surface area (Å²) in [6.45, 7) is 23.7. The molecule has 5 nitrogen and oxygen atoms in total. The van der Waals surface area contributed by atoms with Crippen LogP contribution in [0.15, 0.2) is 11.8 Å². The topological polar surface area (TPSA) is 74.3 Å². The van der Waals surface area contributed by atoms with E-state index >= 15 is 0 Å². The van der Waals surface area contributed by atoms with Crippen molar-refractivity contribution in [3.8, 4) is 6.07 Å². The van der Waals surface area contributed by atoms with Crippen LogP contribution in [-0.2, 0) is 9.59 Å². The summed E-state index contributed by atoms with van der Waals surface area (Å²) in [5, 5.41) is 13.0. The van der Waals surface area contributed by atoms with Gasteiger partial charge < -0.3 is 4.79 Å². The number of hydrogen-bond acceptors (Lipinski definition) is 4. The molecular weight excluding hydrogens is 458 g/mol. The van der Waals surface area contributed by atoms with Crippen molar-refractivity contribution in [2.45, 2.75) is 105 Å². The van der Waals surface area contributed by atoms with E-state index in [1.165, 1.54) is 5.92 Å². The zero-order valence-corrected chi connectivity index (χ0v) is 23.8. The summed E-state index contributed by atoms with van der Waals surface area (Å²) < 4.78 is 0. The summed E-state index contributed by atoms with van der Waals surface area (Å²) in [5.74, 6) is 2.76. The third-order valence-electron chi connectivity index (χ3n) is 12.3. The minimum absolute atomic E-state index is 0.0415. The molecule has 0 aliphatic heterocycles. The van der Waals surface area contributed by atoms with Gasteiger partial charge in [0.2, 0.25) is 5.70 Å². The number of Topliss-reactive ketones (excluding diaryl/α,β-unsaturated/α-hetero) is 2. The predicted octanol–water partition coefficient (Wildman–Crippen LogP) is 6.42. The second-order valence-electron chi connectivity index (χ2n) is 14.9. The number of nitrogens with zero attached hydrogens (tertiary/aromatic N) is 2. The highest BCUT2D eigenvalue weighted by molar-refractivity contribution is 6.03. The van der Waals surface area contributed by atoms with Crippen LogP contribution < -0.4 is 5.32 Å². The Morgan fingerprint density at radius 2 is 1.70 bits per heavy atom. The van der Waals surface area contributed by atoms with Crippen LogP contribution in [0.4, 0.5) is 0 Å². The third kappa shape index (κ3) is 3.35. The highest BCUT2D eigenvalue weighted by Crippen LogP contribution is 2.75. The summed E-state index contributed by atoms with van der Waals surface area (Å²) in [4.78, 5) is 31.3. The zero-order valence-electron chi connectivity index (χ0n) is 23.8. The lowest BCUT2D eigenvalue weighted by molar-refractivity contribution is -0.173. The molecule has 5 aliphatic rings. The molecule has 0 bridgehead atoms. The maximum atomic E-state index is 14.4. The van der Waals surface area contributed by atoms with E-state index in [0.29, 0.717) is 13.0 Å². The molecule has 0 aromatic rings. The molecule has 4 fully saturated rings. The molecule has 0 saturated heterocycles. The second-order valence-corrected chi connectivity index (χ2v) is 14.9. The van der Waals surface area contributed by atoms with Crippen molar-refractivity contribution in [3.63, 3.8) is 0 Å². The average Bonchev–Trinajstić information content (AvgIpc) is 2.82. The monoisotopic (exact) mass is 501 g/mol. The van der Waals surface area contributed by atoms with Crippen LogP contribution in [0.5, 0.6) is 0 Å². The molecule has 5 aliphatic carbocycles. The number of fused-ring (bicyclic) bond motifs is 7. The third-order valence-corrected chi connectivity index (χ3v) is 12.3. The molecule has 5 heteroatoms. The quantitative estimate of drug-likeness (QED) is 0.350. The summed E-state index contributed by atoms with van der Waals surface area (Å²) in [7, 11) is 0. The summed E-state index contributed by atoms with van der Waals surface area (Å²) in [6.07, 6.45) is 9.18. The van der Waals surface area contributed by atoms with Gasteiger partial charge in [-0.2, -0.15) is 5.26 Å². The molecule has 1 N–H and O–H groups in total. The van der Waals surface area contributed by atoms with Crippen molar-refractivity contribution in [1.29, 1.82) is 5.26 Å². The van der Waals surface area contributed by atoms with E-state index in [2.05, 4.69) is 50.8 Å². The van der Waals surface area contributed by atoms with Crippen LogP contribution in [-0.4, -0.2) is 23.7 Å². The van der Waals surface area contributed by atoms with Crippen LogP contribution >= 0.6 is 0 Å². The minimum Gasteiger partial charge on any atom is -0.307 e. The van der Waals surface area contributed by atoms with Gasteiger partial charge in [0.15, 0.2) is 5.78 Å². The van der Waals surface area contributed by atoms with Gasteiger partial charge in [-0.25, -0.2) is 4.85 Å². The highest BCUT2D eigenvalue weighted by atomic mass is 16.1. The number of hydrogen-bond donors (Lipinski definition) is 1. The molecular formula is C32H43N3O2. The minimum atomic E-state index is -0.607. The van der Waals surface area contributed by atoms with E-state index in [1.54, 1.807) is 0 Å². The average molecular weight is 502 g/mol. The molecule has 198 valence electrons. The Labute approximate surface area is 223 Å². The van der Waals surface area contributed by atoms with Crippen LogP contribution in [0.2, 0.25) is 0 Å². The van der Waals surface area contributed by atoms with Crippen LogP contribution in [0.1, 0.15) is 99.8 Å². The van der Waals surface area contributed by atoms with Gasteiger partial charge in [-0.1, -0.05) is 54.5 Å². The first-order chi connectivity index (χ1) is 17.1. The molecule has 0 aromatic carbocycles. The number of nitriles is 1. The molecule has 4 saturated carbocycles. The second kappa shape index (κ2) is 8.02. The number of nitrogens with one attached hydrogen (secondary N) is 1. The lowest BCUT2D eigenvalue weighted by atomic mass is 9.32. The van der Waals surface area contributed by atoms with Crippen LogP contribution in [0.25, 0.3) is 4.85 Å². The molecule has 2 radical (unpaired) electrons. The van der Waals surface area contributed by atoms with E-state index in [1.807, 2.05) is 19.9 Å². The molecule has 6 atom stereocenters. The number of allylic oxidation sites excluding steroid dienone is 2. The molecule has 0 heterocycles. The van der Waals surface area contributed by atoms with Gasteiger partial charge in [0.05, 0.1) is 25.1 Å². The highest BCUT2D eigenvalue weighted by Gasteiger charge is 2.72. The molecule has 0 unspecified atom stereocenters. The molecule has 37 heavy (non-hydrogen) atoms. The van der Waals surface area contributed by atoms with E-state index in [-0.39, 0.29) is 56.3 Å². The maximum absolute atomic E-state index is 14.4. The number of carbonyl (C=O) groups excluding carboxylic acids is 2. The van der Waals surface area contributed by atoms with Gasteiger partial charge in [0.1, 0.15) is 5.78 Å². The van der Waals surface area contributed by atoms with Crippen molar-refractivity contribution in [1.82, 2.24) is 5.32 Å². The van der Waals surface area contributed by atoms with E-state index < -0.39 is 5.41 Å².